The zero-order valence-electron chi connectivity index (χ0n) is 18.4. The first-order chi connectivity index (χ1) is 13.9. The SMILES string of the molecule is CC(C)c1cccc(CCCCCCCC(=O)O)c1CCCCCCCC(=O)O. The van der Waals surface area contributed by atoms with E-state index in [1.165, 1.54) is 23.1 Å². The molecule has 0 fully saturated rings. The maximum Gasteiger partial charge on any atom is 0.303 e. The summed E-state index contributed by atoms with van der Waals surface area (Å²) in [5, 5.41) is 17.4. The quantitative estimate of drug-likeness (QED) is 0.282. The van der Waals surface area contributed by atoms with Gasteiger partial charge in [0.1, 0.15) is 0 Å². The van der Waals surface area contributed by atoms with Gasteiger partial charge in [0.25, 0.3) is 0 Å². The van der Waals surface area contributed by atoms with Crippen LogP contribution in [0, 0.1) is 0 Å². The van der Waals surface area contributed by atoms with E-state index in [0.717, 1.165) is 70.6 Å². The zero-order valence-corrected chi connectivity index (χ0v) is 18.4. The lowest BCUT2D eigenvalue weighted by Gasteiger charge is -2.18. The van der Waals surface area contributed by atoms with Gasteiger partial charge in [0, 0.05) is 12.8 Å². The minimum absolute atomic E-state index is 0.288. The van der Waals surface area contributed by atoms with E-state index in [-0.39, 0.29) is 12.8 Å². The highest BCUT2D eigenvalue weighted by Gasteiger charge is 2.11. The second-order valence-corrected chi connectivity index (χ2v) is 8.46. The van der Waals surface area contributed by atoms with Crippen molar-refractivity contribution in [3.63, 3.8) is 0 Å². The van der Waals surface area contributed by atoms with E-state index in [1.807, 2.05) is 0 Å². The van der Waals surface area contributed by atoms with Crippen LogP contribution in [0.4, 0.5) is 0 Å². The van der Waals surface area contributed by atoms with E-state index < -0.39 is 11.9 Å². The molecule has 4 nitrogen and oxygen atoms in total. The van der Waals surface area contributed by atoms with E-state index in [4.69, 9.17) is 10.2 Å². The summed E-state index contributed by atoms with van der Waals surface area (Å²) in [5.41, 5.74) is 4.47. The van der Waals surface area contributed by atoms with Crippen LogP contribution in [-0.2, 0) is 22.4 Å². The molecule has 0 saturated heterocycles. The molecule has 0 aromatic heterocycles. The Labute approximate surface area is 176 Å². The Morgan fingerprint density at radius 3 is 1.72 bits per heavy atom. The highest BCUT2D eigenvalue weighted by molar-refractivity contribution is 5.66. The summed E-state index contributed by atoms with van der Waals surface area (Å²) in [6.45, 7) is 4.52. The number of carboxylic acids is 2. The monoisotopic (exact) mass is 404 g/mol. The van der Waals surface area contributed by atoms with Crippen molar-refractivity contribution in [1.29, 1.82) is 0 Å². The van der Waals surface area contributed by atoms with E-state index in [1.54, 1.807) is 0 Å². The Kier molecular flexibility index (Phi) is 13.1. The molecule has 0 unspecified atom stereocenters. The maximum atomic E-state index is 10.6. The molecule has 1 aromatic carbocycles. The fraction of sp³-hybridized carbons (Fsp3) is 0.680. The Morgan fingerprint density at radius 2 is 1.21 bits per heavy atom. The largest absolute Gasteiger partial charge is 0.481 e. The maximum absolute atomic E-state index is 10.6. The number of benzene rings is 1. The first-order valence-corrected chi connectivity index (χ1v) is 11.5. The second-order valence-electron chi connectivity index (χ2n) is 8.46. The third-order valence-corrected chi connectivity index (χ3v) is 5.59. The number of hydrogen-bond donors (Lipinski definition) is 2. The van der Waals surface area contributed by atoms with E-state index in [2.05, 4.69) is 32.0 Å². The van der Waals surface area contributed by atoms with Crippen LogP contribution in [0.2, 0.25) is 0 Å². The highest BCUT2D eigenvalue weighted by atomic mass is 16.4. The molecule has 0 spiro atoms. The van der Waals surface area contributed by atoms with Gasteiger partial charge in [0.2, 0.25) is 0 Å². The molecule has 0 bridgehead atoms. The van der Waals surface area contributed by atoms with Crippen molar-refractivity contribution in [2.24, 2.45) is 0 Å². The van der Waals surface area contributed by atoms with Crippen molar-refractivity contribution >= 4 is 11.9 Å². The Balaban J connectivity index is 2.44. The lowest BCUT2D eigenvalue weighted by Crippen LogP contribution is -2.03. The third kappa shape index (κ3) is 11.7. The molecule has 0 aliphatic rings. The number of carbonyl (C=O) groups is 2. The molecule has 29 heavy (non-hydrogen) atoms. The molecule has 0 atom stereocenters. The number of hydrogen-bond acceptors (Lipinski definition) is 2. The molecule has 4 heteroatoms. The van der Waals surface area contributed by atoms with Crippen molar-refractivity contribution in [3.8, 4) is 0 Å². The van der Waals surface area contributed by atoms with Crippen molar-refractivity contribution < 1.29 is 19.8 Å². The highest BCUT2D eigenvalue weighted by Crippen LogP contribution is 2.26. The zero-order chi connectivity index (χ0) is 21.5. The van der Waals surface area contributed by atoms with Crippen molar-refractivity contribution in [2.75, 3.05) is 0 Å². The minimum Gasteiger partial charge on any atom is -0.481 e. The van der Waals surface area contributed by atoms with Crippen LogP contribution in [-0.4, -0.2) is 22.2 Å². The van der Waals surface area contributed by atoms with Crippen LogP contribution in [0.1, 0.15) is 114 Å². The van der Waals surface area contributed by atoms with Crippen LogP contribution < -0.4 is 0 Å². The lowest BCUT2D eigenvalue weighted by atomic mass is 9.88. The summed E-state index contributed by atoms with van der Waals surface area (Å²) in [7, 11) is 0. The summed E-state index contributed by atoms with van der Waals surface area (Å²) in [6, 6.07) is 6.73. The fourth-order valence-corrected chi connectivity index (χ4v) is 3.96. The molecule has 1 aromatic rings. The summed E-state index contributed by atoms with van der Waals surface area (Å²) in [6.07, 6.45) is 13.3. The van der Waals surface area contributed by atoms with Gasteiger partial charge in [0.15, 0.2) is 0 Å². The molecule has 2 N–H and O–H groups in total. The van der Waals surface area contributed by atoms with Gasteiger partial charge >= 0.3 is 11.9 Å². The summed E-state index contributed by atoms with van der Waals surface area (Å²) in [5.74, 6) is -0.860. The topological polar surface area (TPSA) is 74.6 Å². The van der Waals surface area contributed by atoms with Crippen LogP contribution in [0.15, 0.2) is 18.2 Å². The number of carboxylic acid groups (broad SMARTS) is 2. The van der Waals surface area contributed by atoms with Gasteiger partial charge in [-0.2, -0.15) is 0 Å². The molecule has 1 rings (SSSR count). The summed E-state index contributed by atoms with van der Waals surface area (Å²) >= 11 is 0. The average Bonchev–Trinajstić information content (AvgIpc) is 2.66. The van der Waals surface area contributed by atoms with Crippen LogP contribution >= 0.6 is 0 Å². The molecular weight excluding hydrogens is 364 g/mol. The van der Waals surface area contributed by atoms with Gasteiger partial charge in [0.05, 0.1) is 0 Å². The summed E-state index contributed by atoms with van der Waals surface area (Å²) < 4.78 is 0. The van der Waals surface area contributed by atoms with Gasteiger partial charge in [-0.05, 0) is 61.1 Å². The lowest BCUT2D eigenvalue weighted by molar-refractivity contribution is -0.138. The van der Waals surface area contributed by atoms with E-state index in [9.17, 15) is 9.59 Å². The number of unbranched alkanes of at least 4 members (excludes halogenated alkanes) is 8. The predicted molar refractivity (Wildman–Crippen MR) is 119 cm³/mol. The van der Waals surface area contributed by atoms with E-state index in [0.29, 0.717) is 5.92 Å². The molecule has 0 aliphatic heterocycles. The predicted octanol–water partition coefficient (Wildman–Crippen LogP) is 6.75. The number of aliphatic carboxylic acids is 2. The van der Waals surface area contributed by atoms with Crippen molar-refractivity contribution in [2.45, 2.75) is 110 Å². The standard InChI is InChI=1S/C25H40O4/c1-20(2)22-17-13-15-21(14-9-5-3-7-11-18-24(26)27)23(22)16-10-6-4-8-12-19-25(28)29/h13,15,17,20H,3-12,14,16,18-19H2,1-2H3,(H,26,27)(H,28,29). The van der Waals surface area contributed by atoms with Gasteiger partial charge in [-0.25, -0.2) is 0 Å². The Bertz CT molecular complexity index is 607. The molecule has 0 saturated carbocycles. The molecule has 0 radical (unpaired) electrons. The Morgan fingerprint density at radius 1 is 0.724 bits per heavy atom. The fourth-order valence-electron chi connectivity index (χ4n) is 3.96. The molecule has 0 amide bonds. The average molecular weight is 405 g/mol. The smallest absolute Gasteiger partial charge is 0.303 e. The van der Waals surface area contributed by atoms with Crippen molar-refractivity contribution in [3.05, 3.63) is 34.9 Å². The van der Waals surface area contributed by atoms with Gasteiger partial charge in [-0.15, -0.1) is 0 Å². The minimum atomic E-state index is -0.693. The molecule has 164 valence electrons. The molecular formula is C25H40O4. The third-order valence-electron chi connectivity index (χ3n) is 5.59. The van der Waals surface area contributed by atoms with Crippen LogP contribution in [0.3, 0.4) is 0 Å². The first-order valence-electron chi connectivity index (χ1n) is 11.5. The first kappa shape index (κ1) is 25.2. The Hall–Kier alpha value is -1.84. The van der Waals surface area contributed by atoms with Crippen molar-refractivity contribution in [1.82, 2.24) is 0 Å². The molecule has 0 aliphatic carbocycles. The number of rotatable bonds is 17. The second kappa shape index (κ2) is 15.1. The van der Waals surface area contributed by atoms with Gasteiger partial charge < -0.3 is 10.2 Å². The van der Waals surface area contributed by atoms with Gasteiger partial charge in [-0.1, -0.05) is 70.6 Å². The molecule has 0 heterocycles. The van der Waals surface area contributed by atoms with E-state index >= 15 is 0 Å². The normalized spacial score (nSPS) is 11.1. The van der Waals surface area contributed by atoms with Crippen LogP contribution in [0.25, 0.3) is 0 Å². The van der Waals surface area contributed by atoms with Crippen LogP contribution in [0.5, 0.6) is 0 Å². The van der Waals surface area contributed by atoms with Gasteiger partial charge in [-0.3, -0.25) is 9.59 Å². The summed E-state index contributed by atoms with van der Waals surface area (Å²) in [4.78, 5) is 21.1. The number of aryl methyl sites for hydroxylation is 1.